The SMILES string of the molecule is CCCNc1nnc(Cn2cc(Br)cc(C)c2=O)s1. The Hall–Kier alpha value is -1.21. The van der Waals surface area contributed by atoms with Crippen molar-refractivity contribution in [3.05, 3.63) is 37.7 Å². The Bertz CT molecular complexity index is 622. The van der Waals surface area contributed by atoms with Crippen molar-refractivity contribution in [1.29, 1.82) is 0 Å². The summed E-state index contributed by atoms with van der Waals surface area (Å²) in [7, 11) is 0. The van der Waals surface area contributed by atoms with Gasteiger partial charge in [-0.3, -0.25) is 4.79 Å². The standard InChI is InChI=1S/C12H15BrN4OS/c1-3-4-14-12-16-15-10(19-12)7-17-6-9(13)5-8(2)11(17)18/h5-6H,3-4,7H2,1-2H3,(H,14,16). The van der Waals surface area contributed by atoms with Crippen LogP contribution in [0.4, 0.5) is 5.13 Å². The van der Waals surface area contributed by atoms with Crippen LogP contribution >= 0.6 is 27.3 Å². The molecule has 0 radical (unpaired) electrons. The van der Waals surface area contributed by atoms with E-state index in [9.17, 15) is 4.79 Å². The average molecular weight is 343 g/mol. The molecular weight excluding hydrogens is 328 g/mol. The molecule has 102 valence electrons. The van der Waals surface area contributed by atoms with Gasteiger partial charge in [-0.05, 0) is 35.3 Å². The summed E-state index contributed by atoms with van der Waals surface area (Å²) in [6.07, 6.45) is 2.81. The van der Waals surface area contributed by atoms with Gasteiger partial charge in [-0.25, -0.2) is 0 Å². The number of nitrogens with zero attached hydrogens (tertiary/aromatic N) is 3. The predicted octanol–water partition coefficient (Wildman–Crippen LogP) is 2.64. The molecule has 19 heavy (non-hydrogen) atoms. The fourth-order valence-corrected chi connectivity index (χ4v) is 2.98. The maximum atomic E-state index is 12.0. The number of nitrogens with one attached hydrogen (secondary N) is 1. The van der Waals surface area contributed by atoms with E-state index in [1.54, 1.807) is 17.7 Å². The summed E-state index contributed by atoms with van der Waals surface area (Å²) in [5, 5.41) is 13.0. The van der Waals surface area contributed by atoms with Crippen LogP contribution in [0, 0.1) is 6.92 Å². The van der Waals surface area contributed by atoms with Gasteiger partial charge >= 0.3 is 0 Å². The van der Waals surface area contributed by atoms with Gasteiger partial charge in [-0.15, -0.1) is 10.2 Å². The fourth-order valence-electron chi connectivity index (χ4n) is 1.62. The van der Waals surface area contributed by atoms with Gasteiger partial charge in [0, 0.05) is 22.8 Å². The van der Waals surface area contributed by atoms with Crippen LogP contribution in [0.15, 0.2) is 21.5 Å². The third kappa shape index (κ3) is 3.63. The van der Waals surface area contributed by atoms with Crippen molar-refractivity contribution in [2.75, 3.05) is 11.9 Å². The highest BCUT2D eigenvalue weighted by molar-refractivity contribution is 9.10. The fraction of sp³-hybridized carbons (Fsp3) is 0.417. The molecule has 1 N–H and O–H groups in total. The number of hydrogen-bond donors (Lipinski definition) is 1. The molecule has 0 aliphatic heterocycles. The minimum atomic E-state index is 0.00136. The Kier molecular flexibility index (Phi) is 4.71. The van der Waals surface area contributed by atoms with Crippen molar-refractivity contribution >= 4 is 32.4 Å². The van der Waals surface area contributed by atoms with Gasteiger partial charge in [0.15, 0.2) is 0 Å². The Morgan fingerprint density at radius 2 is 2.26 bits per heavy atom. The van der Waals surface area contributed by atoms with Crippen molar-refractivity contribution in [3.63, 3.8) is 0 Å². The van der Waals surface area contributed by atoms with E-state index in [0.717, 1.165) is 27.6 Å². The summed E-state index contributed by atoms with van der Waals surface area (Å²) in [4.78, 5) is 12.0. The lowest BCUT2D eigenvalue weighted by molar-refractivity contribution is 0.735. The van der Waals surface area contributed by atoms with Gasteiger partial charge in [-0.1, -0.05) is 18.3 Å². The van der Waals surface area contributed by atoms with E-state index < -0.39 is 0 Å². The Morgan fingerprint density at radius 1 is 1.47 bits per heavy atom. The molecule has 2 aromatic rings. The summed E-state index contributed by atoms with van der Waals surface area (Å²) in [6.45, 7) is 5.23. The number of aryl methyl sites for hydroxylation is 1. The molecule has 2 rings (SSSR count). The molecule has 0 aromatic carbocycles. The number of hydrogen-bond acceptors (Lipinski definition) is 5. The summed E-state index contributed by atoms with van der Waals surface area (Å²) >= 11 is 4.87. The summed E-state index contributed by atoms with van der Waals surface area (Å²) in [5.41, 5.74) is 0.713. The van der Waals surface area contributed by atoms with E-state index in [-0.39, 0.29) is 5.56 Å². The van der Waals surface area contributed by atoms with Crippen LogP contribution in [0.1, 0.15) is 23.9 Å². The van der Waals surface area contributed by atoms with Crippen LogP contribution in [0.25, 0.3) is 0 Å². The Balaban J connectivity index is 2.17. The lowest BCUT2D eigenvalue weighted by Gasteiger charge is -2.04. The molecule has 0 fully saturated rings. The molecular formula is C12H15BrN4OS. The second-order valence-corrected chi connectivity index (χ2v) is 6.18. The van der Waals surface area contributed by atoms with Crippen molar-refractivity contribution < 1.29 is 0 Å². The van der Waals surface area contributed by atoms with Crippen LogP contribution in [0.5, 0.6) is 0 Å². The van der Waals surface area contributed by atoms with Gasteiger partial charge in [0.25, 0.3) is 5.56 Å². The normalized spacial score (nSPS) is 10.7. The van der Waals surface area contributed by atoms with Crippen molar-refractivity contribution in [1.82, 2.24) is 14.8 Å². The smallest absolute Gasteiger partial charge is 0.253 e. The number of aromatic nitrogens is 3. The lowest BCUT2D eigenvalue weighted by Crippen LogP contribution is -2.22. The number of rotatable bonds is 5. The lowest BCUT2D eigenvalue weighted by atomic mass is 10.3. The molecule has 0 aliphatic rings. The summed E-state index contributed by atoms with van der Waals surface area (Å²) in [6, 6.07) is 1.81. The average Bonchev–Trinajstić information content (AvgIpc) is 2.80. The second kappa shape index (κ2) is 6.29. The first kappa shape index (κ1) is 14.2. The molecule has 0 unspecified atom stereocenters. The van der Waals surface area contributed by atoms with Gasteiger partial charge in [0.05, 0.1) is 6.54 Å². The first-order valence-electron chi connectivity index (χ1n) is 6.03. The van der Waals surface area contributed by atoms with Gasteiger partial charge in [0.2, 0.25) is 5.13 Å². The molecule has 0 saturated carbocycles. The highest BCUT2D eigenvalue weighted by Crippen LogP contribution is 2.16. The van der Waals surface area contributed by atoms with Crippen LogP contribution in [0.3, 0.4) is 0 Å². The number of halogens is 1. The van der Waals surface area contributed by atoms with Crippen LogP contribution in [-0.4, -0.2) is 21.3 Å². The van der Waals surface area contributed by atoms with E-state index >= 15 is 0 Å². The number of pyridine rings is 1. The topological polar surface area (TPSA) is 59.8 Å². The molecule has 0 amide bonds. The zero-order chi connectivity index (χ0) is 13.8. The van der Waals surface area contributed by atoms with E-state index in [0.29, 0.717) is 12.1 Å². The molecule has 5 nitrogen and oxygen atoms in total. The predicted molar refractivity (Wildman–Crippen MR) is 80.9 cm³/mol. The summed E-state index contributed by atoms with van der Waals surface area (Å²) < 4.78 is 2.53. The van der Waals surface area contributed by atoms with E-state index in [2.05, 4.69) is 38.4 Å². The molecule has 7 heteroatoms. The van der Waals surface area contributed by atoms with Crippen molar-refractivity contribution in [3.8, 4) is 0 Å². The highest BCUT2D eigenvalue weighted by atomic mass is 79.9. The van der Waals surface area contributed by atoms with E-state index in [1.165, 1.54) is 11.3 Å². The maximum absolute atomic E-state index is 12.0. The van der Waals surface area contributed by atoms with E-state index in [1.807, 2.05) is 6.07 Å². The largest absolute Gasteiger partial charge is 0.360 e. The molecule has 0 aliphatic carbocycles. The van der Waals surface area contributed by atoms with Crippen molar-refractivity contribution in [2.24, 2.45) is 0 Å². The third-order valence-electron chi connectivity index (χ3n) is 2.53. The first-order chi connectivity index (χ1) is 9.10. The molecule has 0 atom stereocenters. The van der Waals surface area contributed by atoms with Gasteiger partial charge in [-0.2, -0.15) is 0 Å². The Labute approximate surface area is 123 Å². The van der Waals surface area contributed by atoms with E-state index in [4.69, 9.17) is 0 Å². The van der Waals surface area contributed by atoms with Crippen molar-refractivity contribution in [2.45, 2.75) is 26.8 Å². The quantitative estimate of drug-likeness (QED) is 0.907. The maximum Gasteiger partial charge on any atom is 0.253 e. The Morgan fingerprint density at radius 3 is 3.00 bits per heavy atom. The minimum Gasteiger partial charge on any atom is -0.360 e. The third-order valence-corrected chi connectivity index (χ3v) is 3.83. The minimum absolute atomic E-state index is 0.00136. The number of anilines is 1. The molecule has 0 saturated heterocycles. The first-order valence-corrected chi connectivity index (χ1v) is 7.64. The molecule has 2 aromatic heterocycles. The molecule has 0 bridgehead atoms. The van der Waals surface area contributed by atoms with Crippen LogP contribution < -0.4 is 10.9 Å². The zero-order valence-corrected chi connectivity index (χ0v) is 13.2. The molecule has 2 heterocycles. The van der Waals surface area contributed by atoms with Crippen LogP contribution in [0.2, 0.25) is 0 Å². The highest BCUT2D eigenvalue weighted by Gasteiger charge is 2.07. The summed E-state index contributed by atoms with van der Waals surface area (Å²) in [5.74, 6) is 0. The van der Waals surface area contributed by atoms with Crippen LogP contribution in [-0.2, 0) is 6.54 Å². The zero-order valence-electron chi connectivity index (χ0n) is 10.8. The second-order valence-electron chi connectivity index (χ2n) is 4.20. The van der Waals surface area contributed by atoms with Gasteiger partial charge < -0.3 is 9.88 Å². The van der Waals surface area contributed by atoms with Gasteiger partial charge in [0.1, 0.15) is 5.01 Å². The monoisotopic (exact) mass is 342 g/mol. The molecule has 0 spiro atoms.